The lowest BCUT2D eigenvalue weighted by molar-refractivity contribution is 0.473. The minimum absolute atomic E-state index is 0.199. The first-order valence-corrected chi connectivity index (χ1v) is 6.15. The number of pyridine rings is 1. The molecule has 0 radical (unpaired) electrons. The van der Waals surface area contributed by atoms with E-state index in [1.807, 2.05) is 11.8 Å². The van der Waals surface area contributed by atoms with Crippen LogP contribution in [0.25, 0.3) is 11.1 Å². The summed E-state index contributed by atoms with van der Waals surface area (Å²) < 4.78 is 0. The first-order chi connectivity index (χ1) is 7.79. The molecular weight excluding hydrogens is 218 g/mol. The molecule has 2 rings (SSSR count). The highest BCUT2D eigenvalue weighted by molar-refractivity contribution is 7.99. The summed E-state index contributed by atoms with van der Waals surface area (Å²) in [5.41, 5.74) is 2.01. The molecular formula is C13H13NOS. The van der Waals surface area contributed by atoms with Crippen molar-refractivity contribution >= 4 is 11.8 Å². The Morgan fingerprint density at radius 1 is 1.12 bits per heavy atom. The zero-order valence-electron chi connectivity index (χ0n) is 9.05. The molecule has 2 aromatic rings. The molecule has 0 aliphatic heterocycles. The number of aromatic nitrogens is 1. The van der Waals surface area contributed by atoms with Crippen LogP contribution in [0.1, 0.15) is 6.92 Å². The Morgan fingerprint density at radius 2 is 1.88 bits per heavy atom. The van der Waals surface area contributed by atoms with Crippen LogP contribution in [0.5, 0.6) is 5.75 Å². The zero-order chi connectivity index (χ0) is 11.4. The molecule has 0 saturated heterocycles. The molecule has 2 nitrogen and oxygen atoms in total. The van der Waals surface area contributed by atoms with E-state index >= 15 is 0 Å². The molecule has 0 spiro atoms. The van der Waals surface area contributed by atoms with Crippen molar-refractivity contribution < 1.29 is 5.11 Å². The third-order valence-electron chi connectivity index (χ3n) is 2.22. The second-order valence-electron chi connectivity index (χ2n) is 3.39. The van der Waals surface area contributed by atoms with E-state index in [9.17, 15) is 5.11 Å². The van der Waals surface area contributed by atoms with Crippen LogP contribution >= 0.6 is 11.8 Å². The molecule has 0 aliphatic carbocycles. The van der Waals surface area contributed by atoms with Crippen LogP contribution in [0.2, 0.25) is 0 Å². The van der Waals surface area contributed by atoms with Crippen molar-refractivity contribution in [3.8, 4) is 16.9 Å². The maximum absolute atomic E-state index is 9.35. The smallest absolute Gasteiger partial charge is 0.134 e. The van der Waals surface area contributed by atoms with Gasteiger partial charge in [0.2, 0.25) is 0 Å². The molecule has 0 atom stereocenters. The molecule has 0 saturated carbocycles. The van der Waals surface area contributed by atoms with Crippen molar-refractivity contribution in [2.75, 3.05) is 5.75 Å². The molecule has 0 aliphatic rings. The fourth-order valence-electron chi connectivity index (χ4n) is 1.50. The number of benzene rings is 1. The summed E-state index contributed by atoms with van der Waals surface area (Å²) in [6.07, 6.45) is 3.19. The second kappa shape index (κ2) is 5.03. The quantitative estimate of drug-likeness (QED) is 0.820. The molecule has 82 valence electrons. The Kier molecular flexibility index (Phi) is 3.47. The average Bonchev–Trinajstić information content (AvgIpc) is 2.30. The van der Waals surface area contributed by atoms with Crippen LogP contribution in [0, 0.1) is 0 Å². The molecule has 0 amide bonds. The fraction of sp³-hybridized carbons (Fsp3) is 0.154. The summed E-state index contributed by atoms with van der Waals surface area (Å²) in [4.78, 5) is 5.23. The SMILES string of the molecule is CCSc1ccc(-c2cncc(O)c2)cc1. The lowest BCUT2D eigenvalue weighted by Crippen LogP contribution is -1.80. The van der Waals surface area contributed by atoms with Gasteiger partial charge in [-0.2, -0.15) is 0 Å². The number of thioether (sulfide) groups is 1. The lowest BCUT2D eigenvalue weighted by atomic mass is 10.1. The van der Waals surface area contributed by atoms with Crippen molar-refractivity contribution in [3.05, 3.63) is 42.7 Å². The van der Waals surface area contributed by atoms with Crippen LogP contribution in [0.15, 0.2) is 47.6 Å². The molecule has 1 aromatic heterocycles. The first kappa shape index (κ1) is 11.0. The summed E-state index contributed by atoms with van der Waals surface area (Å²) in [5.74, 6) is 1.28. The van der Waals surface area contributed by atoms with Gasteiger partial charge in [0.25, 0.3) is 0 Å². The van der Waals surface area contributed by atoms with Gasteiger partial charge in [-0.3, -0.25) is 4.98 Å². The Bertz CT molecular complexity index is 468. The monoisotopic (exact) mass is 231 g/mol. The lowest BCUT2D eigenvalue weighted by Gasteiger charge is -2.03. The molecule has 1 aromatic carbocycles. The third-order valence-corrected chi connectivity index (χ3v) is 3.12. The van der Waals surface area contributed by atoms with Crippen molar-refractivity contribution in [1.82, 2.24) is 4.98 Å². The van der Waals surface area contributed by atoms with Gasteiger partial charge in [-0.05, 0) is 29.5 Å². The Hall–Kier alpha value is -1.48. The molecule has 1 heterocycles. The minimum atomic E-state index is 0.199. The van der Waals surface area contributed by atoms with Gasteiger partial charge in [0.1, 0.15) is 5.75 Å². The predicted molar refractivity (Wildman–Crippen MR) is 67.7 cm³/mol. The fourth-order valence-corrected chi connectivity index (χ4v) is 2.16. The van der Waals surface area contributed by atoms with Gasteiger partial charge in [-0.1, -0.05) is 19.1 Å². The van der Waals surface area contributed by atoms with Gasteiger partial charge in [0, 0.05) is 16.7 Å². The zero-order valence-corrected chi connectivity index (χ0v) is 9.87. The molecule has 3 heteroatoms. The highest BCUT2D eigenvalue weighted by atomic mass is 32.2. The molecule has 0 fully saturated rings. The molecule has 0 unspecified atom stereocenters. The second-order valence-corrected chi connectivity index (χ2v) is 4.73. The van der Waals surface area contributed by atoms with E-state index in [0.717, 1.165) is 16.9 Å². The van der Waals surface area contributed by atoms with Crippen molar-refractivity contribution in [1.29, 1.82) is 0 Å². The van der Waals surface area contributed by atoms with Gasteiger partial charge < -0.3 is 5.11 Å². The Labute approximate surface area is 99.4 Å². The van der Waals surface area contributed by atoms with E-state index in [1.165, 1.54) is 11.1 Å². The van der Waals surface area contributed by atoms with Crippen LogP contribution in [0.3, 0.4) is 0 Å². The molecule has 16 heavy (non-hydrogen) atoms. The predicted octanol–water partition coefficient (Wildman–Crippen LogP) is 3.57. The van der Waals surface area contributed by atoms with Crippen molar-refractivity contribution in [2.24, 2.45) is 0 Å². The maximum Gasteiger partial charge on any atom is 0.134 e. The van der Waals surface area contributed by atoms with Crippen molar-refractivity contribution in [2.45, 2.75) is 11.8 Å². The van der Waals surface area contributed by atoms with E-state index < -0.39 is 0 Å². The largest absolute Gasteiger partial charge is 0.506 e. The number of hydrogen-bond donors (Lipinski definition) is 1. The van der Waals surface area contributed by atoms with E-state index in [4.69, 9.17) is 0 Å². The first-order valence-electron chi connectivity index (χ1n) is 5.17. The highest BCUT2D eigenvalue weighted by Crippen LogP contribution is 2.25. The number of hydrogen-bond acceptors (Lipinski definition) is 3. The third kappa shape index (κ3) is 2.55. The van der Waals surface area contributed by atoms with Crippen LogP contribution in [-0.4, -0.2) is 15.8 Å². The maximum atomic E-state index is 9.35. The van der Waals surface area contributed by atoms with Crippen molar-refractivity contribution in [3.63, 3.8) is 0 Å². The van der Waals surface area contributed by atoms with Crippen LogP contribution in [-0.2, 0) is 0 Å². The summed E-state index contributed by atoms with van der Waals surface area (Å²) in [6, 6.07) is 10.00. The van der Waals surface area contributed by atoms with Gasteiger partial charge in [-0.25, -0.2) is 0 Å². The van der Waals surface area contributed by atoms with Gasteiger partial charge in [-0.15, -0.1) is 11.8 Å². The Morgan fingerprint density at radius 3 is 2.50 bits per heavy atom. The number of rotatable bonds is 3. The summed E-state index contributed by atoms with van der Waals surface area (Å²) >= 11 is 1.82. The summed E-state index contributed by atoms with van der Waals surface area (Å²) in [5, 5.41) is 9.35. The van der Waals surface area contributed by atoms with Crippen LogP contribution in [0.4, 0.5) is 0 Å². The molecule has 1 N–H and O–H groups in total. The average molecular weight is 231 g/mol. The topological polar surface area (TPSA) is 33.1 Å². The normalized spacial score (nSPS) is 10.3. The number of aromatic hydroxyl groups is 1. The van der Waals surface area contributed by atoms with Gasteiger partial charge in [0.15, 0.2) is 0 Å². The Balaban J connectivity index is 2.27. The van der Waals surface area contributed by atoms with Crippen LogP contribution < -0.4 is 0 Å². The summed E-state index contributed by atoms with van der Waals surface area (Å²) in [6.45, 7) is 2.14. The number of nitrogens with zero attached hydrogens (tertiary/aromatic N) is 1. The minimum Gasteiger partial charge on any atom is -0.506 e. The molecule has 0 bridgehead atoms. The van der Waals surface area contributed by atoms with Gasteiger partial charge >= 0.3 is 0 Å². The van der Waals surface area contributed by atoms with E-state index in [2.05, 4.69) is 36.2 Å². The van der Waals surface area contributed by atoms with Gasteiger partial charge in [0.05, 0.1) is 6.20 Å². The standard InChI is InChI=1S/C13H13NOS/c1-2-16-13-5-3-10(4-6-13)11-7-12(15)9-14-8-11/h3-9,15H,2H2,1H3. The van der Waals surface area contributed by atoms with E-state index in [0.29, 0.717) is 0 Å². The van der Waals surface area contributed by atoms with E-state index in [1.54, 1.807) is 12.3 Å². The summed E-state index contributed by atoms with van der Waals surface area (Å²) in [7, 11) is 0. The van der Waals surface area contributed by atoms with E-state index in [-0.39, 0.29) is 5.75 Å². The highest BCUT2D eigenvalue weighted by Gasteiger charge is 1.99.